The number of hydrogen-bond donors (Lipinski definition) is 2. The zero-order chi connectivity index (χ0) is 18.4. The fraction of sp³-hybridized carbons (Fsp3) is 0.222. The van der Waals surface area contributed by atoms with E-state index in [0.717, 1.165) is 22.8 Å². The average molecular weight is 372 g/mol. The van der Waals surface area contributed by atoms with E-state index in [-0.39, 0.29) is 0 Å². The molecule has 0 aliphatic rings. The Kier molecular flexibility index (Phi) is 5.85. The van der Waals surface area contributed by atoms with Crippen LogP contribution in [0.4, 0.5) is 11.6 Å². The van der Waals surface area contributed by atoms with Crippen LogP contribution in [0.5, 0.6) is 17.2 Å². The molecule has 0 fully saturated rings. The third kappa shape index (κ3) is 4.20. The molecule has 0 saturated heterocycles. The molecule has 7 nitrogen and oxygen atoms in total. The number of aromatic amines is 1. The number of nitrogens with one attached hydrogen (secondary N) is 2. The molecule has 1 aromatic heterocycles. The number of hydrogen-bond acceptors (Lipinski definition) is 7. The van der Waals surface area contributed by atoms with Gasteiger partial charge in [-0.2, -0.15) is 4.98 Å². The standard InChI is InChI=1S/C18H20N4O3S/c1-23-14-7-5-4-6-12(14)11-26-18-20-17(21-22-18)19-13-8-9-15(24-2)16(10-13)25-3/h4-10H,11H2,1-3H3,(H2,19,20,21,22). The Hall–Kier alpha value is -2.87. The fourth-order valence-electron chi connectivity index (χ4n) is 2.38. The highest BCUT2D eigenvalue weighted by molar-refractivity contribution is 7.98. The molecule has 0 atom stereocenters. The molecule has 26 heavy (non-hydrogen) atoms. The van der Waals surface area contributed by atoms with Crippen molar-refractivity contribution in [3.05, 3.63) is 48.0 Å². The molecular formula is C18H20N4O3S. The lowest BCUT2D eigenvalue weighted by molar-refractivity contribution is 0.355. The number of methoxy groups -OCH3 is 3. The maximum atomic E-state index is 5.36. The summed E-state index contributed by atoms with van der Waals surface area (Å²) in [6.45, 7) is 0. The number of para-hydroxylation sites is 1. The van der Waals surface area contributed by atoms with Gasteiger partial charge in [-0.1, -0.05) is 30.0 Å². The lowest BCUT2D eigenvalue weighted by Crippen LogP contribution is -1.95. The predicted octanol–water partition coefficient (Wildman–Crippen LogP) is 3.87. The van der Waals surface area contributed by atoms with Crippen molar-refractivity contribution >= 4 is 23.4 Å². The summed E-state index contributed by atoms with van der Waals surface area (Å²) in [5, 5.41) is 10.9. The molecule has 0 aliphatic carbocycles. The third-order valence-electron chi connectivity index (χ3n) is 3.66. The van der Waals surface area contributed by atoms with Gasteiger partial charge in [0.25, 0.3) is 0 Å². The Balaban J connectivity index is 1.65. The number of aromatic nitrogens is 3. The Labute approximate surface area is 156 Å². The van der Waals surface area contributed by atoms with Crippen molar-refractivity contribution < 1.29 is 14.2 Å². The predicted molar refractivity (Wildman–Crippen MR) is 102 cm³/mol. The molecule has 0 bridgehead atoms. The lowest BCUT2D eigenvalue weighted by Gasteiger charge is -2.09. The summed E-state index contributed by atoms with van der Waals surface area (Å²) in [7, 11) is 4.87. The van der Waals surface area contributed by atoms with E-state index in [1.165, 1.54) is 11.8 Å². The van der Waals surface area contributed by atoms with Crippen molar-refractivity contribution in [1.29, 1.82) is 0 Å². The Morgan fingerprint density at radius 1 is 0.962 bits per heavy atom. The SMILES string of the molecule is COc1ccccc1CSc1n[nH]c(Nc2ccc(OC)c(OC)c2)n1. The lowest BCUT2D eigenvalue weighted by atomic mass is 10.2. The molecule has 136 valence electrons. The van der Waals surface area contributed by atoms with Crippen LogP contribution in [0, 0.1) is 0 Å². The van der Waals surface area contributed by atoms with E-state index in [1.54, 1.807) is 21.3 Å². The van der Waals surface area contributed by atoms with Gasteiger partial charge >= 0.3 is 0 Å². The van der Waals surface area contributed by atoms with Crippen molar-refractivity contribution in [2.24, 2.45) is 0 Å². The minimum absolute atomic E-state index is 0.555. The molecule has 2 aromatic carbocycles. The largest absolute Gasteiger partial charge is 0.496 e. The summed E-state index contributed by atoms with van der Waals surface area (Å²) in [6.07, 6.45) is 0. The third-order valence-corrected chi connectivity index (χ3v) is 4.56. The Morgan fingerprint density at radius 2 is 1.73 bits per heavy atom. The van der Waals surface area contributed by atoms with Crippen molar-refractivity contribution in [3.63, 3.8) is 0 Å². The van der Waals surface area contributed by atoms with Gasteiger partial charge in [0, 0.05) is 23.1 Å². The van der Waals surface area contributed by atoms with Crippen LogP contribution in [0.15, 0.2) is 47.6 Å². The normalized spacial score (nSPS) is 10.4. The second-order valence-electron chi connectivity index (χ2n) is 5.26. The first kappa shape index (κ1) is 17.9. The van der Waals surface area contributed by atoms with Gasteiger partial charge in [-0.25, -0.2) is 5.10 Å². The number of thioether (sulfide) groups is 1. The zero-order valence-electron chi connectivity index (χ0n) is 14.8. The van der Waals surface area contributed by atoms with Crippen molar-refractivity contribution in [1.82, 2.24) is 15.2 Å². The minimum atomic E-state index is 0.555. The topological polar surface area (TPSA) is 81.3 Å². The summed E-state index contributed by atoms with van der Waals surface area (Å²) >= 11 is 1.53. The summed E-state index contributed by atoms with van der Waals surface area (Å²) in [4.78, 5) is 4.45. The van der Waals surface area contributed by atoms with Crippen LogP contribution in [0.1, 0.15) is 5.56 Å². The average Bonchev–Trinajstić information content (AvgIpc) is 3.13. The van der Waals surface area contributed by atoms with Gasteiger partial charge < -0.3 is 19.5 Å². The van der Waals surface area contributed by atoms with Gasteiger partial charge in [-0.3, -0.25) is 0 Å². The monoisotopic (exact) mass is 372 g/mol. The van der Waals surface area contributed by atoms with E-state index in [1.807, 2.05) is 42.5 Å². The summed E-state index contributed by atoms with van der Waals surface area (Å²) < 4.78 is 15.9. The molecule has 0 amide bonds. The zero-order valence-corrected chi connectivity index (χ0v) is 15.6. The summed E-state index contributed by atoms with van der Waals surface area (Å²) in [5.41, 5.74) is 1.92. The first-order chi connectivity index (χ1) is 12.7. The number of nitrogens with zero attached hydrogens (tertiary/aromatic N) is 2. The highest BCUT2D eigenvalue weighted by atomic mass is 32.2. The number of H-pyrrole nitrogens is 1. The summed E-state index contributed by atoms with van der Waals surface area (Å²) in [5.74, 6) is 3.45. The van der Waals surface area contributed by atoms with Gasteiger partial charge in [0.2, 0.25) is 11.1 Å². The molecule has 8 heteroatoms. The van der Waals surface area contributed by atoms with Crippen LogP contribution in [0.2, 0.25) is 0 Å². The van der Waals surface area contributed by atoms with E-state index in [0.29, 0.717) is 22.6 Å². The van der Waals surface area contributed by atoms with Gasteiger partial charge in [-0.15, -0.1) is 5.10 Å². The molecular weight excluding hydrogens is 352 g/mol. The smallest absolute Gasteiger partial charge is 0.223 e. The van der Waals surface area contributed by atoms with E-state index < -0.39 is 0 Å². The molecule has 3 rings (SSSR count). The highest BCUT2D eigenvalue weighted by Gasteiger charge is 2.09. The quantitative estimate of drug-likeness (QED) is 0.581. The van der Waals surface area contributed by atoms with E-state index >= 15 is 0 Å². The van der Waals surface area contributed by atoms with Gasteiger partial charge in [0.05, 0.1) is 21.3 Å². The Morgan fingerprint density at radius 3 is 2.50 bits per heavy atom. The molecule has 0 radical (unpaired) electrons. The molecule has 0 spiro atoms. The van der Waals surface area contributed by atoms with Crippen LogP contribution in [-0.4, -0.2) is 36.5 Å². The minimum Gasteiger partial charge on any atom is -0.496 e. The summed E-state index contributed by atoms with van der Waals surface area (Å²) in [6, 6.07) is 13.5. The van der Waals surface area contributed by atoms with E-state index in [4.69, 9.17) is 14.2 Å². The van der Waals surface area contributed by atoms with Gasteiger partial charge in [-0.05, 0) is 18.2 Å². The number of rotatable bonds is 8. The van der Waals surface area contributed by atoms with Crippen molar-refractivity contribution in [3.8, 4) is 17.2 Å². The second-order valence-corrected chi connectivity index (χ2v) is 6.20. The van der Waals surface area contributed by atoms with Crippen molar-refractivity contribution in [2.75, 3.05) is 26.6 Å². The molecule has 0 aliphatic heterocycles. The first-order valence-corrected chi connectivity index (χ1v) is 8.88. The van der Waals surface area contributed by atoms with Crippen LogP contribution in [-0.2, 0) is 5.75 Å². The van der Waals surface area contributed by atoms with Gasteiger partial charge in [0.15, 0.2) is 11.5 Å². The highest BCUT2D eigenvalue weighted by Crippen LogP contribution is 2.31. The van der Waals surface area contributed by atoms with Crippen LogP contribution in [0.25, 0.3) is 0 Å². The molecule has 1 heterocycles. The second kappa shape index (κ2) is 8.48. The molecule has 0 saturated carbocycles. The molecule has 3 aromatic rings. The Bertz CT molecular complexity index is 869. The van der Waals surface area contributed by atoms with Crippen LogP contribution >= 0.6 is 11.8 Å². The number of benzene rings is 2. The van der Waals surface area contributed by atoms with Crippen molar-refractivity contribution in [2.45, 2.75) is 10.9 Å². The van der Waals surface area contributed by atoms with Crippen LogP contribution in [0.3, 0.4) is 0 Å². The number of ether oxygens (including phenoxy) is 3. The maximum absolute atomic E-state index is 5.36. The first-order valence-electron chi connectivity index (χ1n) is 7.89. The van der Waals surface area contributed by atoms with E-state index in [9.17, 15) is 0 Å². The maximum Gasteiger partial charge on any atom is 0.223 e. The van der Waals surface area contributed by atoms with Gasteiger partial charge in [0.1, 0.15) is 5.75 Å². The fourth-order valence-corrected chi connectivity index (χ4v) is 3.17. The molecule has 0 unspecified atom stereocenters. The number of anilines is 2. The van der Waals surface area contributed by atoms with Crippen LogP contribution < -0.4 is 19.5 Å². The molecule has 2 N–H and O–H groups in total. The van der Waals surface area contributed by atoms with E-state index in [2.05, 4.69) is 20.5 Å².